The van der Waals surface area contributed by atoms with Crippen molar-refractivity contribution >= 4 is 5.97 Å². The van der Waals surface area contributed by atoms with Gasteiger partial charge in [0.1, 0.15) is 0 Å². The molecule has 0 aromatic heterocycles. The molecule has 4 nitrogen and oxygen atoms in total. The molecular weight excluding hydrogens is 240 g/mol. The molecule has 0 aromatic rings. The Morgan fingerprint density at radius 1 is 1.11 bits per heavy atom. The van der Waals surface area contributed by atoms with Crippen molar-refractivity contribution in [2.45, 2.75) is 39.0 Å². The van der Waals surface area contributed by atoms with Crippen LogP contribution in [-0.4, -0.2) is 60.1 Å². The maximum Gasteiger partial charge on any atom is 0.308 e. The molecule has 2 saturated heterocycles. The minimum Gasteiger partial charge on any atom is -0.481 e. The number of likely N-dealkylation sites (tertiary alicyclic amines) is 2. The Kier molecular flexibility index (Phi) is 5.64. The highest BCUT2D eigenvalue weighted by molar-refractivity contribution is 5.70. The maximum atomic E-state index is 11.6. The number of hydrogen-bond donors (Lipinski definition) is 1. The fourth-order valence-electron chi connectivity index (χ4n) is 3.52. The van der Waals surface area contributed by atoms with Crippen molar-refractivity contribution in [1.29, 1.82) is 0 Å². The van der Waals surface area contributed by atoms with E-state index in [2.05, 4.69) is 16.7 Å². The van der Waals surface area contributed by atoms with Crippen LogP contribution in [0.25, 0.3) is 0 Å². The van der Waals surface area contributed by atoms with E-state index in [1.807, 2.05) is 0 Å². The summed E-state index contributed by atoms with van der Waals surface area (Å²) in [6.07, 6.45) is 5.89. The van der Waals surface area contributed by atoms with Crippen molar-refractivity contribution in [2.75, 3.05) is 39.3 Å². The van der Waals surface area contributed by atoms with Crippen LogP contribution in [0, 0.1) is 11.8 Å². The van der Waals surface area contributed by atoms with Crippen molar-refractivity contribution in [1.82, 2.24) is 9.80 Å². The molecular formula is C15H28N2O2. The summed E-state index contributed by atoms with van der Waals surface area (Å²) in [7, 11) is 0. The Labute approximate surface area is 116 Å². The van der Waals surface area contributed by atoms with Crippen LogP contribution in [-0.2, 0) is 4.79 Å². The predicted molar refractivity (Wildman–Crippen MR) is 76.3 cm³/mol. The summed E-state index contributed by atoms with van der Waals surface area (Å²) in [6.45, 7) is 8.39. The SMILES string of the molecule is CCN1CCC(C(CN2CCCCC2)C(=O)O)CC1. The van der Waals surface area contributed by atoms with E-state index in [1.165, 1.54) is 19.3 Å². The van der Waals surface area contributed by atoms with Crippen LogP contribution in [0.4, 0.5) is 0 Å². The predicted octanol–water partition coefficient (Wildman–Crippen LogP) is 1.91. The van der Waals surface area contributed by atoms with Crippen LogP contribution in [0.1, 0.15) is 39.0 Å². The van der Waals surface area contributed by atoms with Crippen LogP contribution in [0.15, 0.2) is 0 Å². The highest BCUT2D eigenvalue weighted by Crippen LogP contribution is 2.27. The summed E-state index contributed by atoms with van der Waals surface area (Å²) in [5.74, 6) is -0.361. The number of hydrogen-bond acceptors (Lipinski definition) is 3. The topological polar surface area (TPSA) is 43.8 Å². The van der Waals surface area contributed by atoms with Gasteiger partial charge in [0, 0.05) is 6.54 Å². The van der Waals surface area contributed by atoms with E-state index in [0.29, 0.717) is 5.92 Å². The monoisotopic (exact) mass is 268 g/mol. The van der Waals surface area contributed by atoms with Crippen LogP contribution in [0.3, 0.4) is 0 Å². The van der Waals surface area contributed by atoms with Crippen LogP contribution < -0.4 is 0 Å². The van der Waals surface area contributed by atoms with E-state index in [4.69, 9.17) is 0 Å². The smallest absolute Gasteiger partial charge is 0.308 e. The molecule has 2 aliphatic heterocycles. The highest BCUT2D eigenvalue weighted by Gasteiger charge is 2.32. The van der Waals surface area contributed by atoms with Gasteiger partial charge in [-0.25, -0.2) is 0 Å². The van der Waals surface area contributed by atoms with Gasteiger partial charge in [0.05, 0.1) is 5.92 Å². The molecule has 0 amide bonds. The molecule has 2 aliphatic rings. The highest BCUT2D eigenvalue weighted by atomic mass is 16.4. The first kappa shape index (κ1) is 14.8. The minimum absolute atomic E-state index is 0.155. The standard InChI is InChI=1S/C15H28N2O2/c1-2-16-10-6-13(7-11-16)14(15(18)19)12-17-8-4-3-5-9-17/h13-14H,2-12H2,1H3,(H,18,19). The molecule has 0 spiro atoms. The number of piperidine rings is 2. The van der Waals surface area contributed by atoms with Crippen molar-refractivity contribution in [2.24, 2.45) is 11.8 Å². The fraction of sp³-hybridized carbons (Fsp3) is 0.933. The zero-order chi connectivity index (χ0) is 13.7. The van der Waals surface area contributed by atoms with E-state index >= 15 is 0 Å². The van der Waals surface area contributed by atoms with Gasteiger partial charge in [-0.3, -0.25) is 4.79 Å². The molecule has 2 rings (SSSR count). The van der Waals surface area contributed by atoms with Gasteiger partial charge in [0.15, 0.2) is 0 Å². The number of nitrogens with zero attached hydrogens (tertiary/aromatic N) is 2. The molecule has 4 heteroatoms. The number of aliphatic carboxylic acids is 1. The number of carboxylic acid groups (broad SMARTS) is 1. The average molecular weight is 268 g/mol. The molecule has 2 heterocycles. The van der Waals surface area contributed by atoms with E-state index in [0.717, 1.165) is 52.1 Å². The molecule has 1 N–H and O–H groups in total. The molecule has 2 fully saturated rings. The average Bonchev–Trinajstić information content (AvgIpc) is 2.46. The maximum absolute atomic E-state index is 11.6. The first-order chi connectivity index (χ1) is 9.20. The summed E-state index contributed by atoms with van der Waals surface area (Å²) in [5.41, 5.74) is 0. The van der Waals surface area contributed by atoms with Gasteiger partial charge in [0.2, 0.25) is 0 Å². The Morgan fingerprint density at radius 2 is 1.74 bits per heavy atom. The lowest BCUT2D eigenvalue weighted by atomic mass is 9.83. The first-order valence-corrected chi connectivity index (χ1v) is 7.88. The number of rotatable bonds is 5. The van der Waals surface area contributed by atoms with E-state index < -0.39 is 5.97 Å². The normalized spacial score (nSPS) is 25.3. The van der Waals surface area contributed by atoms with Crippen LogP contribution in [0.5, 0.6) is 0 Å². The Morgan fingerprint density at radius 3 is 2.26 bits per heavy atom. The van der Waals surface area contributed by atoms with Gasteiger partial charge in [-0.1, -0.05) is 13.3 Å². The second-order valence-corrected chi connectivity index (χ2v) is 6.08. The third-order valence-electron chi connectivity index (χ3n) is 4.87. The summed E-state index contributed by atoms with van der Waals surface area (Å²) in [6, 6.07) is 0. The lowest BCUT2D eigenvalue weighted by molar-refractivity contribution is -0.145. The van der Waals surface area contributed by atoms with Gasteiger partial charge in [-0.15, -0.1) is 0 Å². The van der Waals surface area contributed by atoms with Gasteiger partial charge in [-0.05, 0) is 64.3 Å². The molecule has 0 aromatic carbocycles. The molecule has 0 saturated carbocycles. The largest absolute Gasteiger partial charge is 0.481 e. The molecule has 1 unspecified atom stereocenters. The summed E-state index contributed by atoms with van der Waals surface area (Å²) >= 11 is 0. The molecule has 1 atom stereocenters. The minimum atomic E-state index is -0.583. The van der Waals surface area contributed by atoms with Gasteiger partial charge >= 0.3 is 5.97 Å². The Hall–Kier alpha value is -0.610. The van der Waals surface area contributed by atoms with Gasteiger partial charge in [0.25, 0.3) is 0 Å². The van der Waals surface area contributed by atoms with Crippen molar-refractivity contribution < 1.29 is 9.90 Å². The lowest BCUT2D eigenvalue weighted by Crippen LogP contribution is -2.43. The summed E-state index contributed by atoms with van der Waals surface area (Å²) in [5, 5.41) is 9.54. The molecule has 0 aliphatic carbocycles. The summed E-state index contributed by atoms with van der Waals surface area (Å²) < 4.78 is 0. The van der Waals surface area contributed by atoms with Crippen molar-refractivity contribution in [3.8, 4) is 0 Å². The van der Waals surface area contributed by atoms with E-state index in [1.54, 1.807) is 0 Å². The van der Waals surface area contributed by atoms with E-state index in [-0.39, 0.29) is 5.92 Å². The summed E-state index contributed by atoms with van der Waals surface area (Å²) in [4.78, 5) is 16.4. The van der Waals surface area contributed by atoms with Crippen molar-refractivity contribution in [3.05, 3.63) is 0 Å². The third kappa shape index (κ3) is 4.18. The molecule has 19 heavy (non-hydrogen) atoms. The third-order valence-corrected chi connectivity index (χ3v) is 4.87. The Balaban J connectivity index is 1.87. The zero-order valence-electron chi connectivity index (χ0n) is 12.2. The van der Waals surface area contributed by atoms with Gasteiger partial charge in [-0.2, -0.15) is 0 Å². The van der Waals surface area contributed by atoms with Crippen LogP contribution in [0.2, 0.25) is 0 Å². The van der Waals surface area contributed by atoms with E-state index in [9.17, 15) is 9.90 Å². The first-order valence-electron chi connectivity index (χ1n) is 7.88. The zero-order valence-corrected chi connectivity index (χ0v) is 12.2. The molecule has 0 bridgehead atoms. The second kappa shape index (κ2) is 7.25. The fourth-order valence-corrected chi connectivity index (χ4v) is 3.52. The Bertz CT molecular complexity index is 282. The number of carboxylic acids is 1. The quantitative estimate of drug-likeness (QED) is 0.827. The van der Waals surface area contributed by atoms with Gasteiger partial charge < -0.3 is 14.9 Å². The second-order valence-electron chi connectivity index (χ2n) is 6.08. The van der Waals surface area contributed by atoms with Crippen molar-refractivity contribution in [3.63, 3.8) is 0 Å². The number of carbonyl (C=O) groups is 1. The molecule has 0 radical (unpaired) electrons. The van der Waals surface area contributed by atoms with Crippen LogP contribution >= 0.6 is 0 Å². The molecule has 110 valence electrons. The lowest BCUT2D eigenvalue weighted by Gasteiger charge is -2.36.